The van der Waals surface area contributed by atoms with Crippen molar-refractivity contribution in [3.8, 4) is 0 Å². The van der Waals surface area contributed by atoms with E-state index in [0.717, 1.165) is 12.0 Å². The first-order valence-corrected chi connectivity index (χ1v) is 6.50. The lowest BCUT2D eigenvalue weighted by molar-refractivity contribution is -0.122. The van der Waals surface area contributed by atoms with Gasteiger partial charge in [-0.25, -0.2) is 0 Å². The zero-order valence-electron chi connectivity index (χ0n) is 11.1. The molecular weight excluding hydrogens is 243 g/mol. The predicted molar refractivity (Wildman–Crippen MR) is 75.2 cm³/mol. The number of amides is 1. The van der Waals surface area contributed by atoms with Gasteiger partial charge < -0.3 is 21.1 Å². The second-order valence-electron chi connectivity index (χ2n) is 4.61. The first-order chi connectivity index (χ1) is 9.04. The molecule has 1 amide bonds. The first kappa shape index (κ1) is 15.7. The van der Waals surface area contributed by atoms with E-state index in [9.17, 15) is 4.79 Å². The van der Waals surface area contributed by atoms with E-state index in [1.165, 1.54) is 0 Å². The molecule has 0 aromatic heterocycles. The molecule has 2 atom stereocenters. The van der Waals surface area contributed by atoms with Gasteiger partial charge in [0.25, 0.3) is 0 Å². The van der Waals surface area contributed by atoms with Crippen LogP contribution >= 0.6 is 0 Å². The molecule has 0 saturated carbocycles. The average Bonchev–Trinajstić information content (AvgIpc) is 2.39. The van der Waals surface area contributed by atoms with Gasteiger partial charge in [-0.05, 0) is 18.4 Å². The van der Waals surface area contributed by atoms with Crippen LogP contribution in [0.3, 0.4) is 0 Å². The standard InChI is InChI=1S/C13H21BN2O3/c1-2-6-12(14(18)19)16-13(17)11(15)9-10-7-4-3-5-8-10/h3-5,7-8,11-12,18-19H,2,6,9,15H2,1H3,(H,16,17)/t11-,12-/m0/s1. The van der Waals surface area contributed by atoms with Gasteiger partial charge in [0, 0.05) is 0 Å². The molecule has 1 rings (SSSR count). The van der Waals surface area contributed by atoms with Crippen molar-refractivity contribution in [2.45, 2.75) is 38.2 Å². The van der Waals surface area contributed by atoms with Crippen LogP contribution in [0.25, 0.3) is 0 Å². The van der Waals surface area contributed by atoms with E-state index >= 15 is 0 Å². The zero-order valence-corrected chi connectivity index (χ0v) is 11.1. The SMILES string of the molecule is CCC[C@H](NC(=O)[C@@H](N)Cc1ccccc1)B(O)O. The smallest absolute Gasteiger partial charge is 0.426 e. The number of benzene rings is 1. The largest absolute Gasteiger partial charge is 0.475 e. The highest BCUT2D eigenvalue weighted by atomic mass is 16.4. The normalized spacial score (nSPS) is 13.7. The van der Waals surface area contributed by atoms with Crippen molar-refractivity contribution in [2.24, 2.45) is 5.73 Å². The molecule has 0 bridgehead atoms. The van der Waals surface area contributed by atoms with Gasteiger partial charge in [0.1, 0.15) is 0 Å². The maximum atomic E-state index is 11.9. The molecule has 0 saturated heterocycles. The molecule has 6 heteroatoms. The lowest BCUT2D eigenvalue weighted by atomic mass is 9.76. The van der Waals surface area contributed by atoms with E-state index in [1.807, 2.05) is 37.3 Å². The minimum absolute atomic E-state index is 0.365. The average molecular weight is 264 g/mol. The third-order valence-corrected chi connectivity index (χ3v) is 2.92. The summed E-state index contributed by atoms with van der Waals surface area (Å²) in [6.07, 6.45) is 1.67. The fraction of sp³-hybridized carbons (Fsp3) is 0.462. The van der Waals surface area contributed by atoms with Gasteiger partial charge >= 0.3 is 7.12 Å². The summed E-state index contributed by atoms with van der Waals surface area (Å²) in [6, 6.07) is 8.78. The van der Waals surface area contributed by atoms with E-state index in [1.54, 1.807) is 0 Å². The Balaban J connectivity index is 2.52. The lowest BCUT2D eigenvalue weighted by Crippen LogP contribution is -2.52. The van der Waals surface area contributed by atoms with Crippen LogP contribution in [0, 0.1) is 0 Å². The number of hydrogen-bond donors (Lipinski definition) is 4. The Morgan fingerprint density at radius 1 is 1.37 bits per heavy atom. The third-order valence-electron chi connectivity index (χ3n) is 2.92. The summed E-state index contributed by atoms with van der Waals surface area (Å²) in [5.74, 6) is -1.03. The van der Waals surface area contributed by atoms with E-state index in [4.69, 9.17) is 15.8 Å². The van der Waals surface area contributed by atoms with Gasteiger partial charge in [-0.15, -0.1) is 0 Å². The van der Waals surface area contributed by atoms with Crippen LogP contribution in [0.1, 0.15) is 25.3 Å². The number of nitrogens with one attached hydrogen (secondary N) is 1. The van der Waals surface area contributed by atoms with Crippen molar-refractivity contribution < 1.29 is 14.8 Å². The van der Waals surface area contributed by atoms with E-state index in [0.29, 0.717) is 12.8 Å². The van der Waals surface area contributed by atoms with Crippen LogP contribution in [0.2, 0.25) is 0 Å². The van der Waals surface area contributed by atoms with E-state index < -0.39 is 19.1 Å². The van der Waals surface area contributed by atoms with Crippen LogP contribution < -0.4 is 11.1 Å². The maximum Gasteiger partial charge on any atom is 0.475 e. The number of hydrogen-bond acceptors (Lipinski definition) is 4. The van der Waals surface area contributed by atoms with Crippen LogP contribution in [0.15, 0.2) is 30.3 Å². The lowest BCUT2D eigenvalue weighted by Gasteiger charge is -2.19. The summed E-state index contributed by atoms with van der Waals surface area (Å²) in [7, 11) is -1.56. The van der Waals surface area contributed by atoms with Gasteiger partial charge in [0.05, 0.1) is 12.0 Å². The monoisotopic (exact) mass is 264 g/mol. The van der Waals surface area contributed by atoms with Crippen LogP contribution in [0.5, 0.6) is 0 Å². The molecule has 0 radical (unpaired) electrons. The Kier molecular flexibility index (Phi) is 6.55. The van der Waals surface area contributed by atoms with Gasteiger partial charge in [0.2, 0.25) is 5.91 Å². The second-order valence-corrected chi connectivity index (χ2v) is 4.61. The van der Waals surface area contributed by atoms with E-state index in [2.05, 4.69) is 5.32 Å². The minimum Gasteiger partial charge on any atom is -0.426 e. The summed E-state index contributed by atoms with van der Waals surface area (Å²) in [5, 5.41) is 20.9. The van der Waals surface area contributed by atoms with Crippen molar-refractivity contribution in [1.82, 2.24) is 5.32 Å². The quantitative estimate of drug-likeness (QED) is 0.515. The van der Waals surface area contributed by atoms with Gasteiger partial charge in [-0.3, -0.25) is 4.79 Å². The fourth-order valence-electron chi connectivity index (χ4n) is 1.86. The third kappa shape index (κ3) is 5.42. The van der Waals surface area contributed by atoms with Crippen molar-refractivity contribution in [2.75, 3.05) is 0 Å². The molecule has 5 nitrogen and oxygen atoms in total. The number of carbonyl (C=O) groups excluding carboxylic acids is 1. The number of nitrogens with two attached hydrogens (primary N) is 1. The van der Waals surface area contributed by atoms with Crippen LogP contribution in [0.4, 0.5) is 0 Å². The molecule has 0 heterocycles. The van der Waals surface area contributed by atoms with Crippen LogP contribution in [-0.2, 0) is 11.2 Å². The predicted octanol–water partition coefficient (Wildman–Crippen LogP) is -0.147. The van der Waals surface area contributed by atoms with Crippen molar-refractivity contribution in [3.63, 3.8) is 0 Å². The summed E-state index contributed by atoms with van der Waals surface area (Å²) >= 11 is 0. The van der Waals surface area contributed by atoms with Gasteiger partial charge in [-0.1, -0.05) is 43.7 Å². The Labute approximate surface area is 114 Å². The van der Waals surface area contributed by atoms with Crippen molar-refractivity contribution in [3.05, 3.63) is 35.9 Å². The first-order valence-electron chi connectivity index (χ1n) is 6.50. The molecule has 19 heavy (non-hydrogen) atoms. The van der Waals surface area contributed by atoms with Crippen LogP contribution in [-0.4, -0.2) is 35.1 Å². The molecule has 5 N–H and O–H groups in total. The summed E-state index contributed by atoms with van der Waals surface area (Å²) in [5.41, 5.74) is 6.79. The molecule has 104 valence electrons. The summed E-state index contributed by atoms with van der Waals surface area (Å²) in [6.45, 7) is 1.91. The Hall–Kier alpha value is -1.37. The summed E-state index contributed by atoms with van der Waals surface area (Å²) < 4.78 is 0. The number of rotatable bonds is 7. The Bertz CT molecular complexity index is 387. The zero-order chi connectivity index (χ0) is 14.3. The van der Waals surface area contributed by atoms with Gasteiger partial charge in [0.15, 0.2) is 0 Å². The highest BCUT2D eigenvalue weighted by Gasteiger charge is 2.26. The molecule has 0 aliphatic rings. The minimum atomic E-state index is -1.56. The van der Waals surface area contributed by atoms with E-state index in [-0.39, 0.29) is 5.91 Å². The number of carbonyl (C=O) groups is 1. The molecule has 1 aromatic rings. The van der Waals surface area contributed by atoms with Crippen molar-refractivity contribution >= 4 is 13.0 Å². The molecule has 0 aliphatic heterocycles. The fourth-order valence-corrected chi connectivity index (χ4v) is 1.86. The van der Waals surface area contributed by atoms with Crippen molar-refractivity contribution in [1.29, 1.82) is 0 Å². The maximum absolute atomic E-state index is 11.9. The molecule has 1 aromatic carbocycles. The summed E-state index contributed by atoms with van der Waals surface area (Å²) in [4.78, 5) is 11.9. The van der Waals surface area contributed by atoms with Gasteiger partial charge in [-0.2, -0.15) is 0 Å². The molecule has 0 fully saturated rings. The Morgan fingerprint density at radius 2 is 2.00 bits per heavy atom. The molecule has 0 spiro atoms. The molecule has 0 unspecified atom stereocenters. The Morgan fingerprint density at radius 3 is 2.53 bits per heavy atom. The highest BCUT2D eigenvalue weighted by Crippen LogP contribution is 2.03. The topological polar surface area (TPSA) is 95.6 Å². The second kappa shape index (κ2) is 7.94. The highest BCUT2D eigenvalue weighted by molar-refractivity contribution is 6.43. The molecule has 0 aliphatic carbocycles. The molecular formula is C13H21BN2O3.